The van der Waals surface area contributed by atoms with Crippen LogP contribution in [0.15, 0.2) is 0 Å². The normalized spacial score (nSPS) is 11.2. The van der Waals surface area contributed by atoms with Crippen molar-refractivity contribution in [3.05, 3.63) is 22.3 Å². The van der Waals surface area contributed by atoms with Crippen LogP contribution in [-0.2, 0) is 10.7 Å². The first-order valence-electron chi connectivity index (χ1n) is 4.55. The van der Waals surface area contributed by atoms with Crippen LogP contribution >= 0.6 is 43.6 Å². The van der Waals surface area contributed by atoms with Gasteiger partial charge in [0.05, 0.1) is 11.7 Å². The van der Waals surface area contributed by atoms with Crippen LogP contribution < -0.4 is 0 Å². The Bertz CT molecular complexity index is 464. The average molecular weight is 350 g/mol. The SMILES string of the molecule is Cc1c(C)c(CBr)c2nsnc2c1CBr. The number of halogens is 2. The molecule has 15 heavy (non-hydrogen) atoms. The van der Waals surface area contributed by atoms with Gasteiger partial charge in [0, 0.05) is 10.7 Å². The second-order valence-corrected chi connectivity index (χ2v) is 5.09. The van der Waals surface area contributed by atoms with Gasteiger partial charge in [-0.15, -0.1) is 0 Å². The third-order valence-electron chi connectivity index (χ3n) is 2.80. The molecule has 0 N–H and O–H groups in total. The van der Waals surface area contributed by atoms with Crippen LogP contribution in [0.25, 0.3) is 11.0 Å². The molecule has 0 aliphatic carbocycles. The molecule has 0 fully saturated rings. The van der Waals surface area contributed by atoms with Crippen LogP contribution in [0.1, 0.15) is 22.3 Å². The highest BCUT2D eigenvalue weighted by Crippen LogP contribution is 2.31. The summed E-state index contributed by atoms with van der Waals surface area (Å²) < 4.78 is 8.76. The van der Waals surface area contributed by atoms with Crippen molar-refractivity contribution >= 4 is 54.6 Å². The Labute approximate surface area is 110 Å². The number of rotatable bonds is 2. The van der Waals surface area contributed by atoms with Crippen LogP contribution in [0.2, 0.25) is 0 Å². The quantitative estimate of drug-likeness (QED) is 0.763. The van der Waals surface area contributed by atoms with Crippen molar-refractivity contribution < 1.29 is 0 Å². The van der Waals surface area contributed by atoms with Gasteiger partial charge in [0.2, 0.25) is 0 Å². The van der Waals surface area contributed by atoms with E-state index in [1.807, 2.05) is 0 Å². The second-order valence-electron chi connectivity index (χ2n) is 3.44. The van der Waals surface area contributed by atoms with Crippen LogP contribution in [0, 0.1) is 13.8 Å². The summed E-state index contributed by atoms with van der Waals surface area (Å²) in [6, 6.07) is 0. The average Bonchev–Trinajstić information content (AvgIpc) is 2.69. The Hall–Kier alpha value is -0.000000000000000111. The van der Waals surface area contributed by atoms with E-state index < -0.39 is 0 Å². The van der Waals surface area contributed by atoms with E-state index in [4.69, 9.17) is 0 Å². The molecular formula is C10H10Br2N2S. The zero-order valence-electron chi connectivity index (χ0n) is 8.47. The summed E-state index contributed by atoms with van der Waals surface area (Å²) in [7, 11) is 0. The maximum absolute atomic E-state index is 4.38. The fourth-order valence-corrected chi connectivity index (χ4v) is 3.69. The molecule has 2 nitrogen and oxygen atoms in total. The maximum atomic E-state index is 4.38. The molecule has 1 aromatic heterocycles. The summed E-state index contributed by atoms with van der Waals surface area (Å²) >= 11 is 8.33. The zero-order chi connectivity index (χ0) is 11.0. The molecule has 0 unspecified atom stereocenters. The molecule has 0 aliphatic heterocycles. The van der Waals surface area contributed by atoms with Gasteiger partial charge < -0.3 is 0 Å². The van der Waals surface area contributed by atoms with Crippen molar-refractivity contribution in [2.24, 2.45) is 0 Å². The maximum Gasteiger partial charge on any atom is 0.109 e. The summed E-state index contributed by atoms with van der Waals surface area (Å²) in [5.41, 5.74) is 7.27. The first kappa shape index (κ1) is 11.5. The van der Waals surface area contributed by atoms with Crippen molar-refractivity contribution in [1.82, 2.24) is 8.75 Å². The minimum atomic E-state index is 0.837. The molecule has 0 saturated carbocycles. The van der Waals surface area contributed by atoms with Gasteiger partial charge in [-0.1, -0.05) is 31.9 Å². The Morgan fingerprint density at radius 1 is 0.933 bits per heavy atom. The molecule has 0 bridgehead atoms. The minimum Gasteiger partial charge on any atom is -0.173 e. The topological polar surface area (TPSA) is 25.8 Å². The first-order chi connectivity index (χ1) is 7.20. The van der Waals surface area contributed by atoms with Crippen LogP contribution in [-0.4, -0.2) is 8.75 Å². The number of benzene rings is 1. The van der Waals surface area contributed by atoms with Gasteiger partial charge in [-0.3, -0.25) is 0 Å². The van der Waals surface area contributed by atoms with E-state index in [1.54, 1.807) is 0 Å². The highest BCUT2D eigenvalue weighted by atomic mass is 79.9. The number of hydrogen-bond donors (Lipinski definition) is 0. The molecular weight excluding hydrogens is 340 g/mol. The third-order valence-corrected chi connectivity index (χ3v) is 4.45. The van der Waals surface area contributed by atoms with E-state index >= 15 is 0 Å². The van der Waals surface area contributed by atoms with E-state index in [2.05, 4.69) is 54.5 Å². The number of aromatic nitrogens is 2. The number of alkyl halides is 2. The molecule has 80 valence electrons. The van der Waals surface area contributed by atoms with Gasteiger partial charge in [-0.05, 0) is 36.1 Å². The molecule has 0 spiro atoms. The summed E-state index contributed by atoms with van der Waals surface area (Å²) in [5.74, 6) is 0. The predicted molar refractivity (Wildman–Crippen MR) is 72.2 cm³/mol. The monoisotopic (exact) mass is 348 g/mol. The number of fused-ring (bicyclic) bond motifs is 1. The van der Waals surface area contributed by atoms with Gasteiger partial charge in [0.1, 0.15) is 11.0 Å². The van der Waals surface area contributed by atoms with Gasteiger partial charge in [0.25, 0.3) is 0 Å². The van der Waals surface area contributed by atoms with E-state index in [1.165, 1.54) is 34.0 Å². The fourth-order valence-electron chi connectivity index (χ4n) is 1.72. The van der Waals surface area contributed by atoms with Gasteiger partial charge >= 0.3 is 0 Å². The number of nitrogens with zero attached hydrogens (tertiary/aromatic N) is 2. The zero-order valence-corrected chi connectivity index (χ0v) is 12.5. The summed E-state index contributed by atoms with van der Waals surface area (Å²) in [6.07, 6.45) is 0. The fraction of sp³-hybridized carbons (Fsp3) is 0.400. The largest absolute Gasteiger partial charge is 0.173 e. The molecule has 5 heteroatoms. The van der Waals surface area contributed by atoms with E-state index in [0.717, 1.165) is 21.7 Å². The molecule has 2 aromatic rings. The molecule has 0 radical (unpaired) electrons. The molecule has 0 aliphatic rings. The Morgan fingerprint density at radius 2 is 1.33 bits per heavy atom. The van der Waals surface area contributed by atoms with Crippen LogP contribution in [0.5, 0.6) is 0 Å². The van der Waals surface area contributed by atoms with Crippen molar-refractivity contribution in [3.63, 3.8) is 0 Å². The summed E-state index contributed by atoms with van der Waals surface area (Å²) in [6.45, 7) is 4.30. The van der Waals surface area contributed by atoms with Gasteiger partial charge in [-0.2, -0.15) is 8.75 Å². The molecule has 2 rings (SSSR count). The van der Waals surface area contributed by atoms with Gasteiger partial charge in [0.15, 0.2) is 0 Å². The lowest BCUT2D eigenvalue weighted by molar-refractivity contribution is 1.22. The number of hydrogen-bond acceptors (Lipinski definition) is 3. The van der Waals surface area contributed by atoms with Crippen molar-refractivity contribution in [1.29, 1.82) is 0 Å². The predicted octanol–water partition coefficient (Wildman–Crippen LogP) is 4.10. The van der Waals surface area contributed by atoms with Gasteiger partial charge in [-0.25, -0.2) is 0 Å². The molecule has 1 aromatic carbocycles. The Morgan fingerprint density at radius 3 is 1.67 bits per heavy atom. The highest BCUT2D eigenvalue weighted by molar-refractivity contribution is 9.08. The summed E-state index contributed by atoms with van der Waals surface area (Å²) in [4.78, 5) is 0. The molecule has 0 atom stereocenters. The third kappa shape index (κ3) is 1.74. The van der Waals surface area contributed by atoms with E-state index in [-0.39, 0.29) is 0 Å². The molecule has 0 saturated heterocycles. The summed E-state index contributed by atoms with van der Waals surface area (Å²) in [5, 5.41) is 1.67. The minimum absolute atomic E-state index is 0.837. The van der Waals surface area contributed by atoms with Crippen molar-refractivity contribution in [3.8, 4) is 0 Å². The first-order valence-corrected chi connectivity index (χ1v) is 7.53. The van der Waals surface area contributed by atoms with Crippen LogP contribution in [0.4, 0.5) is 0 Å². The van der Waals surface area contributed by atoms with Crippen molar-refractivity contribution in [2.45, 2.75) is 24.5 Å². The Kier molecular flexibility index (Phi) is 3.42. The molecule has 0 amide bonds. The lowest BCUT2D eigenvalue weighted by Crippen LogP contribution is -1.97. The second kappa shape index (κ2) is 4.47. The van der Waals surface area contributed by atoms with E-state index in [0.29, 0.717) is 0 Å². The van der Waals surface area contributed by atoms with E-state index in [9.17, 15) is 0 Å². The highest BCUT2D eigenvalue weighted by Gasteiger charge is 2.15. The smallest absolute Gasteiger partial charge is 0.109 e. The molecule has 1 heterocycles. The standard InChI is InChI=1S/C10H10Br2N2S/c1-5-6(2)8(4-12)10-9(7(5)3-11)13-15-14-10/h3-4H2,1-2H3. The Balaban J connectivity index is 2.91. The van der Waals surface area contributed by atoms with Crippen molar-refractivity contribution in [2.75, 3.05) is 0 Å². The van der Waals surface area contributed by atoms with Crippen LogP contribution in [0.3, 0.4) is 0 Å². The lowest BCUT2D eigenvalue weighted by atomic mass is 9.97. The lowest BCUT2D eigenvalue weighted by Gasteiger charge is -2.11.